The van der Waals surface area contributed by atoms with Crippen molar-refractivity contribution in [3.63, 3.8) is 0 Å². The summed E-state index contributed by atoms with van der Waals surface area (Å²) in [4.78, 5) is 11.2. The van der Waals surface area contributed by atoms with Gasteiger partial charge in [0.1, 0.15) is 6.33 Å². The van der Waals surface area contributed by atoms with Crippen molar-refractivity contribution >= 4 is 24.4 Å². The molecule has 0 saturated heterocycles. The molecule has 92 valence electrons. The van der Waals surface area contributed by atoms with Crippen molar-refractivity contribution in [2.75, 3.05) is 7.11 Å². The maximum Gasteiger partial charge on any atom is 0.337 e. The van der Waals surface area contributed by atoms with Gasteiger partial charge in [-0.2, -0.15) is 14.9 Å². The van der Waals surface area contributed by atoms with Gasteiger partial charge in [-0.1, -0.05) is 12.1 Å². The van der Waals surface area contributed by atoms with Gasteiger partial charge < -0.3 is 4.74 Å². The minimum absolute atomic E-state index is 0.365. The number of aromatic nitrogens is 3. The van der Waals surface area contributed by atoms with E-state index in [1.54, 1.807) is 30.5 Å². The highest BCUT2D eigenvalue weighted by Gasteiger charge is 2.03. The molecular weight excluding hydrogens is 252 g/mol. The highest BCUT2D eigenvalue weighted by molar-refractivity contribution is 7.71. The SMILES string of the molecule is COC(=O)c1ccc(/C=N\n2cn[nH]c2=S)cc1. The largest absolute Gasteiger partial charge is 0.465 e. The average molecular weight is 262 g/mol. The van der Waals surface area contributed by atoms with Crippen LogP contribution in [0.25, 0.3) is 0 Å². The predicted molar refractivity (Wildman–Crippen MR) is 68.2 cm³/mol. The molecule has 18 heavy (non-hydrogen) atoms. The molecule has 2 rings (SSSR count). The normalized spacial score (nSPS) is 10.7. The van der Waals surface area contributed by atoms with Gasteiger partial charge in [-0.25, -0.2) is 4.79 Å². The summed E-state index contributed by atoms with van der Waals surface area (Å²) < 4.78 is 6.46. The van der Waals surface area contributed by atoms with Crippen LogP contribution in [0.15, 0.2) is 35.7 Å². The van der Waals surface area contributed by atoms with Gasteiger partial charge >= 0.3 is 5.97 Å². The zero-order valence-corrected chi connectivity index (χ0v) is 10.3. The molecule has 6 nitrogen and oxygen atoms in total. The minimum atomic E-state index is -0.365. The van der Waals surface area contributed by atoms with Crippen LogP contribution >= 0.6 is 12.2 Å². The summed E-state index contributed by atoms with van der Waals surface area (Å²) in [7, 11) is 1.35. The third-order valence-corrected chi connectivity index (χ3v) is 2.48. The Morgan fingerprint density at radius 1 is 1.50 bits per heavy atom. The maximum absolute atomic E-state index is 11.2. The summed E-state index contributed by atoms with van der Waals surface area (Å²) in [5.74, 6) is -0.365. The molecule has 1 aromatic heterocycles. The summed E-state index contributed by atoms with van der Waals surface area (Å²) in [5.41, 5.74) is 1.33. The molecule has 7 heteroatoms. The average Bonchev–Trinajstić information content (AvgIpc) is 2.81. The number of carbonyl (C=O) groups is 1. The van der Waals surface area contributed by atoms with E-state index in [4.69, 9.17) is 12.2 Å². The Labute approximate surface area is 108 Å². The number of carbonyl (C=O) groups excluding carboxylic acids is 1. The number of hydrogen-bond donors (Lipinski definition) is 1. The van der Waals surface area contributed by atoms with Gasteiger partial charge in [0.2, 0.25) is 4.77 Å². The Morgan fingerprint density at radius 3 is 2.78 bits per heavy atom. The Balaban J connectivity index is 2.16. The van der Waals surface area contributed by atoms with Gasteiger partial charge in [-0.3, -0.25) is 5.10 Å². The zero-order valence-electron chi connectivity index (χ0n) is 9.53. The minimum Gasteiger partial charge on any atom is -0.465 e. The van der Waals surface area contributed by atoms with Crippen molar-refractivity contribution < 1.29 is 9.53 Å². The molecule has 0 fully saturated rings. The third kappa shape index (κ3) is 2.69. The van der Waals surface area contributed by atoms with E-state index >= 15 is 0 Å². The molecule has 1 aromatic carbocycles. The molecule has 2 aromatic rings. The number of benzene rings is 1. The summed E-state index contributed by atoms with van der Waals surface area (Å²) in [5, 5.41) is 10.4. The summed E-state index contributed by atoms with van der Waals surface area (Å²) >= 11 is 4.94. The standard InChI is InChI=1S/C11H10N4O2S/c1-17-10(16)9-4-2-8(3-5-9)6-13-15-7-12-14-11(15)18/h2-7H,1H3,(H,14,18)/b13-6-. The van der Waals surface area contributed by atoms with Crippen molar-refractivity contribution in [1.82, 2.24) is 14.9 Å². The summed E-state index contributed by atoms with van der Waals surface area (Å²) in [6, 6.07) is 6.86. The first kappa shape index (κ1) is 12.2. The van der Waals surface area contributed by atoms with E-state index in [1.807, 2.05) is 0 Å². The van der Waals surface area contributed by atoms with Crippen LogP contribution in [0.5, 0.6) is 0 Å². The quantitative estimate of drug-likeness (QED) is 0.518. The fraction of sp³-hybridized carbons (Fsp3) is 0.0909. The van der Waals surface area contributed by atoms with E-state index in [9.17, 15) is 4.79 Å². The smallest absolute Gasteiger partial charge is 0.337 e. The Morgan fingerprint density at radius 2 is 2.22 bits per heavy atom. The molecule has 0 bridgehead atoms. The highest BCUT2D eigenvalue weighted by Crippen LogP contribution is 2.04. The Bertz CT molecular complexity index is 627. The second-order valence-electron chi connectivity index (χ2n) is 3.36. The van der Waals surface area contributed by atoms with Gasteiger partial charge in [-0.15, -0.1) is 0 Å². The van der Waals surface area contributed by atoms with Gasteiger partial charge in [0.15, 0.2) is 0 Å². The molecule has 0 saturated carbocycles. The lowest BCUT2D eigenvalue weighted by Crippen LogP contribution is -2.00. The molecule has 0 radical (unpaired) electrons. The van der Waals surface area contributed by atoms with Crippen LogP contribution in [0.2, 0.25) is 0 Å². The zero-order chi connectivity index (χ0) is 13.0. The number of esters is 1. The topological polar surface area (TPSA) is 72.3 Å². The Kier molecular flexibility index (Phi) is 3.63. The van der Waals surface area contributed by atoms with Crippen molar-refractivity contribution in [2.24, 2.45) is 5.10 Å². The maximum atomic E-state index is 11.2. The van der Waals surface area contributed by atoms with Crippen LogP contribution < -0.4 is 0 Å². The fourth-order valence-electron chi connectivity index (χ4n) is 1.28. The van der Waals surface area contributed by atoms with Gasteiger partial charge in [0.05, 0.1) is 18.9 Å². The molecule has 1 N–H and O–H groups in total. The van der Waals surface area contributed by atoms with E-state index in [0.29, 0.717) is 10.3 Å². The summed E-state index contributed by atoms with van der Waals surface area (Å²) in [6.45, 7) is 0. The van der Waals surface area contributed by atoms with E-state index in [-0.39, 0.29) is 5.97 Å². The number of H-pyrrole nitrogens is 1. The van der Waals surface area contributed by atoms with Gasteiger partial charge in [0, 0.05) is 0 Å². The van der Waals surface area contributed by atoms with Crippen molar-refractivity contribution in [2.45, 2.75) is 0 Å². The number of nitrogens with zero attached hydrogens (tertiary/aromatic N) is 3. The van der Waals surface area contributed by atoms with E-state index < -0.39 is 0 Å². The lowest BCUT2D eigenvalue weighted by atomic mass is 10.1. The lowest BCUT2D eigenvalue weighted by molar-refractivity contribution is 0.0601. The van der Waals surface area contributed by atoms with Crippen molar-refractivity contribution in [3.8, 4) is 0 Å². The first-order chi connectivity index (χ1) is 8.70. The second-order valence-corrected chi connectivity index (χ2v) is 3.75. The molecule has 0 aliphatic carbocycles. The summed E-state index contributed by atoms with van der Waals surface area (Å²) in [6.07, 6.45) is 3.09. The van der Waals surface area contributed by atoms with Crippen molar-refractivity contribution in [3.05, 3.63) is 46.5 Å². The number of methoxy groups -OCH3 is 1. The van der Waals surface area contributed by atoms with E-state index in [0.717, 1.165) is 5.56 Å². The molecule has 0 aliphatic heterocycles. The number of aromatic amines is 1. The first-order valence-corrected chi connectivity index (χ1v) is 5.46. The monoisotopic (exact) mass is 262 g/mol. The lowest BCUT2D eigenvalue weighted by Gasteiger charge is -1.98. The molecular formula is C11H10N4O2S. The van der Waals surface area contributed by atoms with Gasteiger partial charge in [-0.05, 0) is 29.9 Å². The first-order valence-electron chi connectivity index (χ1n) is 5.05. The van der Waals surface area contributed by atoms with E-state index in [2.05, 4.69) is 20.0 Å². The number of nitrogens with one attached hydrogen (secondary N) is 1. The number of hydrogen-bond acceptors (Lipinski definition) is 5. The molecule has 1 heterocycles. The number of rotatable bonds is 3. The number of ether oxygens (including phenoxy) is 1. The van der Waals surface area contributed by atoms with Crippen LogP contribution in [-0.2, 0) is 4.74 Å². The Hall–Kier alpha value is -2.28. The van der Waals surface area contributed by atoms with E-state index in [1.165, 1.54) is 18.1 Å². The molecule has 0 aliphatic rings. The third-order valence-electron chi connectivity index (χ3n) is 2.20. The van der Waals surface area contributed by atoms with Crippen LogP contribution in [0.3, 0.4) is 0 Å². The molecule has 0 spiro atoms. The van der Waals surface area contributed by atoms with Gasteiger partial charge in [0.25, 0.3) is 0 Å². The van der Waals surface area contributed by atoms with Crippen molar-refractivity contribution in [1.29, 1.82) is 0 Å². The molecule has 0 unspecified atom stereocenters. The van der Waals surface area contributed by atoms with Crippen LogP contribution in [0.4, 0.5) is 0 Å². The predicted octanol–water partition coefficient (Wildman–Crippen LogP) is 1.61. The van der Waals surface area contributed by atoms with Crippen LogP contribution in [-0.4, -0.2) is 34.2 Å². The van der Waals surface area contributed by atoms with Crippen LogP contribution in [0, 0.1) is 4.77 Å². The highest BCUT2D eigenvalue weighted by atomic mass is 32.1. The molecule has 0 atom stereocenters. The van der Waals surface area contributed by atoms with Crippen LogP contribution in [0.1, 0.15) is 15.9 Å². The molecule has 0 amide bonds. The fourth-order valence-corrected chi connectivity index (χ4v) is 1.42. The second kappa shape index (κ2) is 5.37.